The van der Waals surface area contributed by atoms with Crippen LogP contribution in [0.5, 0.6) is 0 Å². The fourth-order valence-electron chi connectivity index (χ4n) is 1.43. The zero-order chi connectivity index (χ0) is 9.84. The van der Waals surface area contributed by atoms with E-state index in [1.54, 1.807) is 6.92 Å². The molecule has 1 aromatic rings. The molecular weight excluding hydrogens is 167 g/mol. The highest BCUT2D eigenvalue weighted by atomic mass is 19.1. The van der Waals surface area contributed by atoms with Crippen LogP contribution in [0.2, 0.25) is 0 Å². The first-order valence-corrected chi connectivity index (χ1v) is 4.51. The lowest BCUT2D eigenvalue weighted by atomic mass is 9.99. The molecule has 0 aliphatic carbocycles. The van der Waals surface area contributed by atoms with Gasteiger partial charge in [-0.2, -0.15) is 0 Å². The molecule has 0 bridgehead atoms. The third kappa shape index (κ3) is 2.81. The molecule has 2 heteroatoms. The van der Waals surface area contributed by atoms with Gasteiger partial charge in [0.05, 0.1) is 6.10 Å². The number of benzene rings is 1. The Labute approximate surface area is 78.2 Å². The first-order valence-electron chi connectivity index (χ1n) is 4.51. The Bertz CT molecular complexity index is 269. The molecule has 1 nitrogen and oxygen atoms in total. The Morgan fingerprint density at radius 3 is 2.46 bits per heavy atom. The standard InChI is InChI=1S/C11H15FO/c1-8(12)7-10-5-3-4-6-11(10)9(2)13/h3-6,8-9,13H,7H2,1-2H3. The largest absolute Gasteiger partial charge is 0.389 e. The summed E-state index contributed by atoms with van der Waals surface area (Å²) in [7, 11) is 0. The SMILES string of the molecule is CC(F)Cc1ccccc1C(C)O. The second-order valence-electron chi connectivity index (χ2n) is 3.36. The van der Waals surface area contributed by atoms with Crippen LogP contribution in [0.1, 0.15) is 31.1 Å². The van der Waals surface area contributed by atoms with Crippen LogP contribution in [-0.4, -0.2) is 11.3 Å². The quantitative estimate of drug-likeness (QED) is 0.761. The molecule has 1 N–H and O–H groups in total. The van der Waals surface area contributed by atoms with E-state index in [-0.39, 0.29) is 0 Å². The molecule has 0 saturated carbocycles. The Balaban J connectivity index is 2.91. The summed E-state index contributed by atoms with van der Waals surface area (Å²) >= 11 is 0. The highest BCUT2D eigenvalue weighted by Gasteiger charge is 2.09. The molecule has 2 unspecified atom stereocenters. The van der Waals surface area contributed by atoms with Gasteiger partial charge in [0.15, 0.2) is 0 Å². The second-order valence-corrected chi connectivity index (χ2v) is 3.36. The maximum Gasteiger partial charge on any atom is 0.101 e. The average molecular weight is 182 g/mol. The van der Waals surface area contributed by atoms with E-state index in [1.165, 1.54) is 6.92 Å². The van der Waals surface area contributed by atoms with E-state index in [4.69, 9.17) is 0 Å². The number of hydrogen-bond acceptors (Lipinski definition) is 1. The van der Waals surface area contributed by atoms with Gasteiger partial charge in [-0.05, 0) is 25.0 Å². The molecule has 2 atom stereocenters. The molecule has 0 aliphatic heterocycles. The Hall–Kier alpha value is -0.890. The van der Waals surface area contributed by atoms with E-state index >= 15 is 0 Å². The van der Waals surface area contributed by atoms with Crippen LogP contribution in [0.25, 0.3) is 0 Å². The third-order valence-corrected chi connectivity index (χ3v) is 2.01. The van der Waals surface area contributed by atoms with Crippen molar-refractivity contribution in [2.24, 2.45) is 0 Å². The normalized spacial score (nSPS) is 15.4. The van der Waals surface area contributed by atoms with Crippen LogP contribution >= 0.6 is 0 Å². The highest BCUT2D eigenvalue weighted by Crippen LogP contribution is 2.19. The number of aliphatic hydroxyl groups is 1. The summed E-state index contributed by atoms with van der Waals surface area (Å²) in [6, 6.07) is 7.42. The van der Waals surface area contributed by atoms with Crippen molar-refractivity contribution in [2.75, 3.05) is 0 Å². The fourth-order valence-corrected chi connectivity index (χ4v) is 1.43. The maximum absolute atomic E-state index is 12.7. The van der Waals surface area contributed by atoms with Crippen molar-refractivity contribution >= 4 is 0 Å². The number of aliphatic hydroxyl groups excluding tert-OH is 1. The molecular formula is C11H15FO. The van der Waals surface area contributed by atoms with Crippen LogP contribution in [-0.2, 0) is 6.42 Å². The van der Waals surface area contributed by atoms with Crippen LogP contribution in [0, 0.1) is 0 Å². The van der Waals surface area contributed by atoms with Gasteiger partial charge >= 0.3 is 0 Å². The van der Waals surface area contributed by atoms with Crippen molar-refractivity contribution in [1.82, 2.24) is 0 Å². The summed E-state index contributed by atoms with van der Waals surface area (Å²) in [5.74, 6) is 0. The first kappa shape index (κ1) is 10.2. The minimum Gasteiger partial charge on any atom is -0.389 e. The lowest BCUT2D eigenvalue weighted by molar-refractivity contribution is 0.197. The molecule has 0 spiro atoms. The molecule has 13 heavy (non-hydrogen) atoms. The van der Waals surface area contributed by atoms with Crippen LogP contribution in [0.15, 0.2) is 24.3 Å². The van der Waals surface area contributed by atoms with Gasteiger partial charge < -0.3 is 5.11 Å². The van der Waals surface area contributed by atoms with Crippen LogP contribution in [0.4, 0.5) is 4.39 Å². The number of alkyl halides is 1. The predicted octanol–water partition coefficient (Wildman–Crippen LogP) is 2.64. The molecule has 0 radical (unpaired) electrons. The van der Waals surface area contributed by atoms with E-state index < -0.39 is 12.3 Å². The Morgan fingerprint density at radius 2 is 1.92 bits per heavy atom. The summed E-state index contributed by atoms with van der Waals surface area (Å²) in [6.45, 7) is 3.22. The molecule has 0 fully saturated rings. The van der Waals surface area contributed by atoms with Gasteiger partial charge in [0.25, 0.3) is 0 Å². The molecule has 0 amide bonds. The van der Waals surface area contributed by atoms with Crippen molar-refractivity contribution in [3.05, 3.63) is 35.4 Å². The maximum atomic E-state index is 12.7. The number of rotatable bonds is 3. The van der Waals surface area contributed by atoms with E-state index in [0.717, 1.165) is 11.1 Å². The summed E-state index contributed by atoms with van der Waals surface area (Å²) in [5, 5.41) is 9.39. The molecule has 1 aromatic carbocycles. The molecule has 1 rings (SSSR count). The third-order valence-electron chi connectivity index (χ3n) is 2.01. The number of halogens is 1. The van der Waals surface area contributed by atoms with Gasteiger partial charge in [0.1, 0.15) is 6.17 Å². The lowest BCUT2D eigenvalue weighted by Gasteiger charge is -2.11. The minimum atomic E-state index is -0.861. The van der Waals surface area contributed by atoms with Crippen molar-refractivity contribution < 1.29 is 9.50 Å². The van der Waals surface area contributed by atoms with Crippen molar-refractivity contribution in [2.45, 2.75) is 32.5 Å². The number of hydrogen-bond donors (Lipinski definition) is 1. The van der Waals surface area contributed by atoms with Gasteiger partial charge in [-0.1, -0.05) is 24.3 Å². The van der Waals surface area contributed by atoms with E-state index in [2.05, 4.69) is 0 Å². The molecule has 0 aromatic heterocycles. The zero-order valence-corrected chi connectivity index (χ0v) is 8.00. The fraction of sp³-hybridized carbons (Fsp3) is 0.455. The molecule has 0 saturated heterocycles. The summed E-state index contributed by atoms with van der Waals surface area (Å²) < 4.78 is 12.7. The van der Waals surface area contributed by atoms with Gasteiger partial charge in [-0.25, -0.2) is 4.39 Å². The molecule has 0 aliphatic rings. The molecule has 0 heterocycles. The van der Waals surface area contributed by atoms with Crippen molar-refractivity contribution in [3.63, 3.8) is 0 Å². The van der Waals surface area contributed by atoms with Gasteiger partial charge in [-0.3, -0.25) is 0 Å². The summed E-state index contributed by atoms with van der Waals surface area (Å²) in [6.07, 6.45) is -1.00. The second kappa shape index (κ2) is 4.38. The van der Waals surface area contributed by atoms with Gasteiger partial charge in [0.2, 0.25) is 0 Å². The first-order chi connectivity index (χ1) is 6.11. The van der Waals surface area contributed by atoms with Crippen LogP contribution in [0.3, 0.4) is 0 Å². The summed E-state index contributed by atoms with van der Waals surface area (Å²) in [4.78, 5) is 0. The Kier molecular flexibility index (Phi) is 3.43. The predicted molar refractivity (Wildman–Crippen MR) is 51.3 cm³/mol. The highest BCUT2D eigenvalue weighted by molar-refractivity contribution is 5.29. The van der Waals surface area contributed by atoms with Crippen molar-refractivity contribution in [3.8, 4) is 0 Å². The topological polar surface area (TPSA) is 20.2 Å². The van der Waals surface area contributed by atoms with Gasteiger partial charge in [-0.15, -0.1) is 0 Å². The zero-order valence-electron chi connectivity index (χ0n) is 8.00. The monoisotopic (exact) mass is 182 g/mol. The average Bonchev–Trinajstić information content (AvgIpc) is 2.03. The smallest absolute Gasteiger partial charge is 0.101 e. The van der Waals surface area contributed by atoms with E-state index in [0.29, 0.717) is 6.42 Å². The van der Waals surface area contributed by atoms with E-state index in [1.807, 2.05) is 24.3 Å². The van der Waals surface area contributed by atoms with Crippen molar-refractivity contribution in [1.29, 1.82) is 0 Å². The Morgan fingerprint density at radius 1 is 1.31 bits per heavy atom. The lowest BCUT2D eigenvalue weighted by Crippen LogP contribution is -2.04. The van der Waals surface area contributed by atoms with Gasteiger partial charge in [0, 0.05) is 6.42 Å². The minimum absolute atomic E-state index is 0.376. The molecule has 72 valence electrons. The van der Waals surface area contributed by atoms with E-state index in [9.17, 15) is 9.50 Å². The van der Waals surface area contributed by atoms with Crippen LogP contribution < -0.4 is 0 Å². The summed E-state index contributed by atoms with van der Waals surface area (Å²) in [5.41, 5.74) is 1.72.